The molecule has 2 rings (SSSR count). The Morgan fingerprint density at radius 3 is 2.22 bits per heavy atom. The first-order chi connectivity index (χ1) is 10.9. The van der Waals surface area contributed by atoms with E-state index in [4.69, 9.17) is 34.8 Å². The maximum atomic E-state index is 12.9. The summed E-state index contributed by atoms with van der Waals surface area (Å²) in [6.45, 7) is 0.406. The predicted octanol–water partition coefficient (Wildman–Crippen LogP) is 4.04. The molecule has 1 amide bonds. The number of carbonyl (C=O) groups excluding carboxylic acids is 1. The van der Waals surface area contributed by atoms with E-state index in [1.54, 1.807) is 0 Å². The minimum absolute atomic E-state index is 0.271. The van der Waals surface area contributed by atoms with E-state index in [1.165, 1.54) is 24.3 Å². The van der Waals surface area contributed by atoms with Gasteiger partial charge in [0.15, 0.2) is 0 Å². The van der Waals surface area contributed by atoms with Crippen LogP contribution in [0.4, 0.5) is 4.39 Å². The topological polar surface area (TPSA) is 41.1 Å². The van der Waals surface area contributed by atoms with E-state index < -0.39 is 21.7 Å². The van der Waals surface area contributed by atoms with E-state index in [0.717, 1.165) is 5.56 Å². The number of carbonyl (C=O) groups is 1. The maximum absolute atomic E-state index is 12.9. The van der Waals surface area contributed by atoms with Gasteiger partial charge in [0.05, 0.1) is 0 Å². The summed E-state index contributed by atoms with van der Waals surface area (Å²) in [6.07, 6.45) is -0.912. The second-order valence-electron chi connectivity index (χ2n) is 4.82. The van der Waals surface area contributed by atoms with Crippen molar-refractivity contribution in [2.45, 2.75) is 16.5 Å². The highest BCUT2D eigenvalue weighted by molar-refractivity contribution is 6.68. The van der Waals surface area contributed by atoms with Crippen molar-refractivity contribution >= 4 is 40.7 Å². The fourth-order valence-electron chi connectivity index (χ4n) is 1.88. The van der Waals surface area contributed by atoms with Gasteiger partial charge in [-0.15, -0.1) is 0 Å². The van der Waals surface area contributed by atoms with Crippen molar-refractivity contribution in [3.05, 3.63) is 71.5 Å². The van der Waals surface area contributed by atoms with Crippen molar-refractivity contribution in [1.82, 2.24) is 10.6 Å². The SMILES string of the molecule is O=C(N[C@@H](NCc1ccccc1)C(Cl)(Cl)Cl)c1ccc(F)cc1. The van der Waals surface area contributed by atoms with Crippen LogP contribution in [0.25, 0.3) is 0 Å². The Labute approximate surface area is 148 Å². The Kier molecular flexibility index (Phi) is 6.25. The van der Waals surface area contributed by atoms with Crippen LogP contribution >= 0.6 is 34.8 Å². The minimum Gasteiger partial charge on any atom is -0.333 e. The molecular formula is C16H14Cl3FN2O. The quantitative estimate of drug-likeness (QED) is 0.612. The fraction of sp³-hybridized carbons (Fsp3) is 0.188. The fourth-order valence-corrected chi connectivity index (χ4v) is 2.28. The Bertz CT molecular complexity index is 645. The zero-order valence-corrected chi connectivity index (χ0v) is 14.2. The Morgan fingerprint density at radius 2 is 1.65 bits per heavy atom. The molecule has 0 bridgehead atoms. The van der Waals surface area contributed by atoms with Crippen molar-refractivity contribution in [2.75, 3.05) is 0 Å². The summed E-state index contributed by atoms with van der Waals surface area (Å²) in [5.41, 5.74) is 1.25. The number of hydrogen-bond donors (Lipinski definition) is 2. The van der Waals surface area contributed by atoms with Crippen LogP contribution in [0.15, 0.2) is 54.6 Å². The lowest BCUT2D eigenvalue weighted by molar-refractivity contribution is 0.0929. The number of amides is 1. The molecule has 0 fully saturated rings. The number of nitrogens with one attached hydrogen (secondary N) is 2. The van der Waals surface area contributed by atoms with Gasteiger partial charge < -0.3 is 5.32 Å². The van der Waals surface area contributed by atoms with Crippen LogP contribution in [0.3, 0.4) is 0 Å². The van der Waals surface area contributed by atoms with Gasteiger partial charge in [0.2, 0.25) is 3.79 Å². The van der Waals surface area contributed by atoms with Crippen LogP contribution in [-0.4, -0.2) is 15.9 Å². The largest absolute Gasteiger partial charge is 0.333 e. The highest BCUT2D eigenvalue weighted by atomic mass is 35.6. The molecule has 0 aliphatic carbocycles. The van der Waals surface area contributed by atoms with Gasteiger partial charge in [-0.05, 0) is 29.8 Å². The summed E-state index contributed by atoms with van der Waals surface area (Å²) in [7, 11) is 0. The lowest BCUT2D eigenvalue weighted by Gasteiger charge is -2.26. The third-order valence-corrected chi connectivity index (χ3v) is 3.72. The second-order valence-corrected chi connectivity index (χ2v) is 7.19. The molecule has 3 nitrogen and oxygen atoms in total. The number of benzene rings is 2. The molecule has 0 saturated carbocycles. The van der Waals surface area contributed by atoms with Crippen molar-refractivity contribution < 1.29 is 9.18 Å². The van der Waals surface area contributed by atoms with E-state index in [-0.39, 0.29) is 5.56 Å². The smallest absolute Gasteiger partial charge is 0.252 e. The molecule has 7 heteroatoms. The number of rotatable bonds is 5. The predicted molar refractivity (Wildman–Crippen MR) is 91.2 cm³/mol. The van der Waals surface area contributed by atoms with E-state index in [0.29, 0.717) is 6.54 Å². The molecule has 2 aromatic carbocycles. The van der Waals surface area contributed by atoms with Gasteiger partial charge >= 0.3 is 0 Å². The molecule has 0 aliphatic rings. The van der Waals surface area contributed by atoms with Crippen LogP contribution in [-0.2, 0) is 6.54 Å². The molecule has 122 valence electrons. The van der Waals surface area contributed by atoms with Gasteiger partial charge in [0.25, 0.3) is 5.91 Å². The van der Waals surface area contributed by atoms with E-state index in [9.17, 15) is 9.18 Å². The standard InChI is InChI=1S/C16H14Cl3FN2O/c17-16(18,19)15(21-10-11-4-2-1-3-5-11)22-14(23)12-6-8-13(20)9-7-12/h1-9,15,21H,10H2,(H,22,23)/t15-/m1/s1. The normalized spacial score (nSPS) is 12.7. The molecule has 0 aromatic heterocycles. The first kappa shape index (κ1) is 18.0. The lowest BCUT2D eigenvalue weighted by Crippen LogP contribution is -2.53. The minimum atomic E-state index is -1.75. The van der Waals surface area contributed by atoms with Crippen LogP contribution < -0.4 is 10.6 Å². The van der Waals surface area contributed by atoms with Crippen LogP contribution in [0.1, 0.15) is 15.9 Å². The average molecular weight is 376 g/mol. The molecule has 2 N–H and O–H groups in total. The zero-order chi connectivity index (χ0) is 16.9. The molecule has 0 radical (unpaired) electrons. The summed E-state index contributed by atoms with van der Waals surface area (Å²) < 4.78 is 11.2. The number of halogens is 4. The van der Waals surface area contributed by atoms with Crippen LogP contribution in [0.5, 0.6) is 0 Å². The zero-order valence-electron chi connectivity index (χ0n) is 11.9. The number of alkyl halides is 3. The van der Waals surface area contributed by atoms with Gasteiger partial charge in [-0.25, -0.2) is 4.39 Å². The molecule has 2 aromatic rings. The van der Waals surface area contributed by atoms with E-state index in [1.807, 2.05) is 30.3 Å². The first-order valence-electron chi connectivity index (χ1n) is 6.77. The summed E-state index contributed by atoms with van der Waals surface area (Å²) in [4.78, 5) is 12.2. The van der Waals surface area contributed by atoms with E-state index >= 15 is 0 Å². The van der Waals surface area contributed by atoms with Crippen molar-refractivity contribution in [2.24, 2.45) is 0 Å². The van der Waals surface area contributed by atoms with Crippen LogP contribution in [0.2, 0.25) is 0 Å². The Morgan fingerprint density at radius 1 is 1.04 bits per heavy atom. The summed E-state index contributed by atoms with van der Waals surface area (Å²) in [5.74, 6) is -0.899. The van der Waals surface area contributed by atoms with Gasteiger partial charge in [-0.3, -0.25) is 10.1 Å². The molecule has 0 spiro atoms. The van der Waals surface area contributed by atoms with Gasteiger partial charge in [0.1, 0.15) is 12.0 Å². The third-order valence-electron chi connectivity index (χ3n) is 3.06. The molecule has 0 saturated heterocycles. The average Bonchev–Trinajstić information content (AvgIpc) is 2.51. The van der Waals surface area contributed by atoms with Gasteiger partial charge in [-0.2, -0.15) is 0 Å². The van der Waals surface area contributed by atoms with Crippen molar-refractivity contribution in [3.8, 4) is 0 Å². The second kappa shape index (κ2) is 7.97. The number of hydrogen-bond acceptors (Lipinski definition) is 2. The van der Waals surface area contributed by atoms with Crippen LogP contribution in [0, 0.1) is 5.82 Å². The monoisotopic (exact) mass is 374 g/mol. The molecular weight excluding hydrogens is 362 g/mol. The molecule has 0 heterocycles. The Hall–Kier alpha value is -1.33. The van der Waals surface area contributed by atoms with Gasteiger partial charge in [-0.1, -0.05) is 65.1 Å². The summed E-state index contributed by atoms with van der Waals surface area (Å²) in [5, 5.41) is 5.58. The molecule has 0 aliphatic heterocycles. The first-order valence-corrected chi connectivity index (χ1v) is 7.90. The highest BCUT2D eigenvalue weighted by Crippen LogP contribution is 2.29. The molecule has 0 unspecified atom stereocenters. The lowest BCUT2D eigenvalue weighted by atomic mass is 10.2. The summed E-state index contributed by atoms with van der Waals surface area (Å²) in [6, 6.07) is 14.6. The summed E-state index contributed by atoms with van der Waals surface area (Å²) >= 11 is 17.7. The third kappa shape index (κ3) is 5.66. The highest BCUT2D eigenvalue weighted by Gasteiger charge is 2.33. The Balaban J connectivity index is 2.04. The molecule has 23 heavy (non-hydrogen) atoms. The van der Waals surface area contributed by atoms with Gasteiger partial charge in [0, 0.05) is 12.1 Å². The molecule has 1 atom stereocenters. The van der Waals surface area contributed by atoms with Crippen molar-refractivity contribution in [3.63, 3.8) is 0 Å². The van der Waals surface area contributed by atoms with E-state index in [2.05, 4.69) is 10.6 Å². The maximum Gasteiger partial charge on any atom is 0.252 e. The van der Waals surface area contributed by atoms with Crippen molar-refractivity contribution in [1.29, 1.82) is 0 Å².